The third-order valence-corrected chi connectivity index (χ3v) is 16.7. The van der Waals surface area contributed by atoms with Gasteiger partial charge in [-0.2, -0.15) is 0 Å². The lowest BCUT2D eigenvalue weighted by molar-refractivity contribution is -0.870. The molecule has 0 bridgehead atoms. The summed E-state index contributed by atoms with van der Waals surface area (Å²) < 4.78 is 22.8. The number of esters is 2. The maximum absolute atomic E-state index is 12.9. The van der Waals surface area contributed by atoms with Crippen LogP contribution in [0.15, 0.2) is 24.3 Å². The molecule has 0 saturated heterocycles. The van der Waals surface area contributed by atoms with Crippen molar-refractivity contribution in [2.24, 2.45) is 0 Å². The molecule has 2 unspecified atom stereocenters. The van der Waals surface area contributed by atoms with Crippen molar-refractivity contribution >= 4 is 17.9 Å². The Morgan fingerprint density at radius 1 is 0.361 bits per heavy atom. The van der Waals surface area contributed by atoms with Crippen LogP contribution in [0.25, 0.3) is 0 Å². The number of quaternary nitrogens is 1. The molecule has 0 radical (unpaired) electrons. The van der Waals surface area contributed by atoms with Gasteiger partial charge in [-0.05, 0) is 44.9 Å². The Morgan fingerprint density at radius 3 is 0.952 bits per heavy atom. The molecular weight excluding hydrogens is 1030 g/mol. The number of nitrogens with zero attached hydrogens (tertiary/aromatic N) is 1. The van der Waals surface area contributed by atoms with Gasteiger partial charge in [-0.25, -0.2) is 0 Å². The number of carboxylic acids is 1. The summed E-state index contributed by atoms with van der Waals surface area (Å²) in [5.74, 6) is -2.26. The highest BCUT2D eigenvalue weighted by Crippen LogP contribution is 2.19. The van der Waals surface area contributed by atoms with E-state index < -0.39 is 24.3 Å². The van der Waals surface area contributed by atoms with Crippen molar-refractivity contribution in [2.45, 2.75) is 386 Å². The van der Waals surface area contributed by atoms with Gasteiger partial charge in [-0.1, -0.05) is 340 Å². The number of unbranched alkanes of at least 4 members (excludes halogenated alkanes) is 50. The van der Waals surface area contributed by atoms with Crippen LogP contribution in [0.1, 0.15) is 373 Å². The molecule has 2 atom stereocenters. The van der Waals surface area contributed by atoms with Gasteiger partial charge in [0.15, 0.2) is 12.4 Å². The average Bonchev–Trinajstić information content (AvgIpc) is 3.46. The molecule has 9 heteroatoms. The highest BCUT2D eigenvalue weighted by molar-refractivity contribution is 5.70. The smallest absolute Gasteiger partial charge is 0.306 e. The highest BCUT2D eigenvalue weighted by atomic mass is 16.7. The van der Waals surface area contributed by atoms with E-state index in [2.05, 4.69) is 38.2 Å². The summed E-state index contributed by atoms with van der Waals surface area (Å²) in [6.07, 6.45) is 78.5. The SMILES string of the molecule is CCCCCCC/C=C\C/C=C\CCCCCCCCCCCCCC(=O)OC(COC(=O)CCCCCCCCCCCCCCCCCCCCCCCCCCCCCCCCCCCCC)COC(OCC[N+](C)(C)C)C(=O)[O-]. The summed E-state index contributed by atoms with van der Waals surface area (Å²) in [6.45, 7) is 4.81. The first-order valence-electron chi connectivity index (χ1n) is 36.5. The third-order valence-electron chi connectivity index (χ3n) is 16.7. The number of aliphatic carboxylic acids is 1. The van der Waals surface area contributed by atoms with Gasteiger partial charge in [0.25, 0.3) is 0 Å². The molecule has 490 valence electrons. The van der Waals surface area contributed by atoms with E-state index in [9.17, 15) is 19.5 Å². The van der Waals surface area contributed by atoms with Crippen LogP contribution in [0.3, 0.4) is 0 Å². The average molecular weight is 1170 g/mol. The lowest BCUT2D eigenvalue weighted by Gasteiger charge is -2.26. The van der Waals surface area contributed by atoms with Crippen LogP contribution in [0, 0.1) is 0 Å². The van der Waals surface area contributed by atoms with E-state index in [1.807, 2.05) is 21.1 Å². The number of hydrogen-bond donors (Lipinski definition) is 0. The fourth-order valence-corrected chi connectivity index (χ4v) is 11.1. The number of ether oxygens (including phenoxy) is 4. The lowest BCUT2D eigenvalue weighted by atomic mass is 10.0. The minimum atomic E-state index is -1.62. The minimum absolute atomic E-state index is 0.150. The zero-order chi connectivity index (χ0) is 60.5. The van der Waals surface area contributed by atoms with Gasteiger partial charge in [0.2, 0.25) is 0 Å². The van der Waals surface area contributed by atoms with Gasteiger partial charge in [0.1, 0.15) is 13.2 Å². The highest BCUT2D eigenvalue weighted by Gasteiger charge is 2.22. The summed E-state index contributed by atoms with van der Waals surface area (Å²) in [5.41, 5.74) is 0. The molecule has 0 spiro atoms. The number of carbonyl (C=O) groups is 3. The molecule has 0 aromatic carbocycles. The zero-order valence-electron chi connectivity index (χ0n) is 56.1. The monoisotopic (exact) mass is 1170 g/mol. The molecule has 0 aromatic rings. The second-order valence-corrected chi connectivity index (χ2v) is 26.2. The first kappa shape index (κ1) is 80.8. The van der Waals surface area contributed by atoms with Crippen LogP contribution in [0.2, 0.25) is 0 Å². The summed E-state index contributed by atoms with van der Waals surface area (Å²) in [4.78, 5) is 37.5. The third kappa shape index (κ3) is 67.1. The van der Waals surface area contributed by atoms with Crippen LogP contribution < -0.4 is 5.11 Å². The molecule has 9 nitrogen and oxygen atoms in total. The van der Waals surface area contributed by atoms with Crippen LogP contribution in [-0.2, 0) is 33.3 Å². The first-order valence-corrected chi connectivity index (χ1v) is 36.5. The van der Waals surface area contributed by atoms with Crippen molar-refractivity contribution in [3.63, 3.8) is 0 Å². The van der Waals surface area contributed by atoms with Crippen molar-refractivity contribution < 1.29 is 42.9 Å². The van der Waals surface area contributed by atoms with Crippen LogP contribution in [0.4, 0.5) is 0 Å². The van der Waals surface area contributed by atoms with E-state index in [-0.39, 0.29) is 32.2 Å². The second kappa shape index (κ2) is 65.7. The first-order chi connectivity index (χ1) is 40.6. The van der Waals surface area contributed by atoms with Crippen molar-refractivity contribution in [1.82, 2.24) is 0 Å². The van der Waals surface area contributed by atoms with Gasteiger partial charge < -0.3 is 33.3 Å². The molecule has 0 amide bonds. The molecule has 83 heavy (non-hydrogen) atoms. The minimum Gasteiger partial charge on any atom is -0.545 e. The Balaban J connectivity index is 3.99. The van der Waals surface area contributed by atoms with Crippen molar-refractivity contribution in [3.05, 3.63) is 24.3 Å². The molecule has 0 aliphatic carbocycles. The van der Waals surface area contributed by atoms with E-state index in [4.69, 9.17) is 18.9 Å². The largest absolute Gasteiger partial charge is 0.545 e. The lowest BCUT2D eigenvalue weighted by Crippen LogP contribution is -2.44. The fraction of sp³-hybridized carbons (Fsp3) is 0.905. The van der Waals surface area contributed by atoms with Crippen LogP contribution in [0.5, 0.6) is 0 Å². The molecule has 0 aliphatic rings. The Labute approximate surface area is 516 Å². The number of likely N-dealkylation sites (N-methyl/N-ethyl adjacent to an activating group) is 1. The zero-order valence-corrected chi connectivity index (χ0v) is 56.1. The Bertz CT molecular complexity index is 1410. The Hall–Kier alpha value is -2.23. The molecular formula is C74H141NO8. The molecule has 0 heterocycles. The maximum atomic E-state index is 12.9. The number of rotatable bonds is 69. The number of allylic oxidation sites excluding steroid dienone is 4. The summed E-state index contributed by atoms with van der Waals surface area (Å²) in [5, 5.41) is 11.8. The number of carboxylic acid groups (broad SMARTS) is 1. The van der Waals surface area contributed by atoms with E-state index >= 15 is 0 Å². The topological polar surface area (TPSA) is 111 Å². The van der Waals surface area contributed by atoms with E-state index in [0.29, 0.717) is 23.9 Å². The molecule has 0 aromatic heterocycles. The predicted octanol–water partition coefficient (Wildman–Crippen LogP) is 21.3. The summed E-state index contributed by atoms with van der Waals surface area (Å²) >= 11 is 0. The van der Waals surface area contributed by atoms with Gasteiger partial charge >= 0.3 is 11.9 Å². The number of hydrogen-bond acceptors (Lipinski definition) is 8. The summed E-state index contributed by atoms with van der Waals surface area (Å²) in [7, 11) is 5.94. The van der Waals surface area contributed by atoms with Gasteiger partial charge in [0.05, 0.1) is 40.3 Å². The normalized spacial score (nSPS) is 12.7. The molecule has 0 aliphatic heterocycles. The van der Waals surface area contributed by atoms with Crippen LogP contribution in [-0.4, -0.2) is 82.3 Å². The summed E-state index contributed by atoms with van der Waals surface area (Å²) in [6, 6.07) is 0. The van der Waals surface area contributed by atoms with Crippen molar-refractivity contribution in [3.8, 4) is 0 Å². The quantitative estimate of drug-likeness (QED) is 0.0195. The van der Waals surface area contributed by atoms with E-state index in [1.165, 1.54) is 295 Å². The van der Waals surface area contributed by atoms with Crippen LogP contribution >= 0.6 is 0 Å². The standard InChI is InChI=1S/C74H141NO8/c1-6-8-10-12-14-16-18-20-22-24-26-28-30-31-32-33-34-35-36-37-38-39-40-41-43-44-46-48-50-52-54-56-58-60-62-64-71(76)81-68-70(69-82-74(73(78)79)80-67-66-75(3,4)5)83-72(77)65-63-61-59-57-55-53-51-49-47-45-42-29-27-25-23-21-19-17-15-13-11-9-7-2/h19,21,25,27,70,74H,6-18,20,22-24,26,28-69H2,1-5H3/b21-19-,27-25-. The molecule has 0 rings (SSSR count). The van der Waals surface area contributed by atoms with Gasteiger partial charge in [-0.15, -0.1) is 0 Å². The number of carbonyl (C=O) groups excluding carboxylic acids is 3. The molecule has 0 fully saturated rings. The maximum Gasteiger partial charge on any atom is 0.306 e. The molecule has 0 N–H and O–H groups in total. The van der Waals surface area contributed by atoms with E-state index in [1.54, 1.807) is 0 Å². The van der Waals surface area contributed by atoms with Gasteiger partial charge in [-0.3, -0.25) is 9.59 Å². The predicted molar refractivity (Wildman–Crippen MR) is 353 cm³/mol. The fourth-order valence-electron chi connectivity index (χ4n) is 11.1. The Kier molecular flexibility index (Phi) is 64.0. The van der Waals surface area contributed by atoms with Gasteiger partial charge in [0, 0.05) is 12.8 Å². The van der Waals surface area contributed by atoms with Crippen molar-refractivity contribution in [1.29, 1.82) is 0 Å². The molecule has 0 saturated carbocycles. The van der Waals surface area contributed by atoms with Crippen molar-refractivity contribution in [2.75, 3.05) is 47.5 Å². The second-order valence-electron chi connectivity index (χ2n) is 26.2. The Morgan fingerprint density at radius 2 is 0.651 bits per heavy atom. The van der Waals surface area contributed by atoms with E-state index in [0.717, 1.165) is 44.9 Å².